The van der Waals surface area contributed by atoms with Crippen molar-refractivity contribution in [3.05, 3.63) is 71.9 Å². The lowest BCUT2D eigenvalue weighted by Crippen LogP contribution is -2.47. The molecule has 1 saturated heterocycles. The lowest BCUT2D eigenvalue weighted by molar-refractivity contribution is 0.240. The van der Waals surface area contributed by atoms with Crippen LogP contribution in [0.2, 0.25) is 0 Å². The van der Waals surface area contributed by atoms with Crippen molar-refractivity contribution in [3.63, 3.8) is 0 Å². The van der Waals surface area contributed by atoms with E-state index in [1.807, 2.05) is 42.9 Å². The molecule has 0 spiro atoms. The monoisotopic (exact) mass is 387 g/mol. The number of rotatable bonds is 4. The van der Waals surface area contributed by atoms with Gasteiger partial charge in [-0.1, -0.05) is 12.1 Å². The summed E-state index contributed by atoms with van der Waals surface area (Å²) in [4.78, 5) is 25.5. The summed E-state index contributed by atoms with van der Waals surface area (Å²) >= 11 is 0. The normalized spacial score (nSPS) is 17.2. The van der Waals surface area contributed by atoms with Gasteiger partial charge in [-0.15, -0.1) is 0 Å². The topological polar surface area (TPSA) is 61.3 Å². The summed E-state index contributed by atoms with van der Waals surface area (Å²) in [5.41, 5.74) is 3.54. The van der Waals surface area contributed by atoms with Crippen LogP contribution in [0.1, 0.15) is 17.0 Å². The maximum Gasteiger partial charge on any atom is 0.225 e. The fourth-order valence-electron chi connectivity index (χ4n) is 4.05. The third-order valence-electron chi connectivity index (χ3n) is 5.65. The lowest BCUT2D eigenvalue weighted by Gasteiger charge is -2.36. The molecule has 0 N–H and O–H groups in total. The molecule has 5 heterocycles. The van der Waals surface area contributed by atoms with Gasteiger partial charge in [0.05, 0.1) is 11.4 Å². The molecule has 2 aliphatic heterocycles. The number of hydrogen-bond donors (Lipinski definition) is 0. The van der Waals surface area contributed by atoms with Crippen molar-refractivity contribution >= 4 is 11.8 Å². The Kier molecular flexibility index (Phi) is 5.04. The SMILES string of the molecule is c1ccc(CN2CCc3nc(N4CCN(c5ccccn5)CC4)ncc3C2)nc1. The molecule has 148 valence electrons. The quantitative estimate of drug-likeness (QED) is 0.680. The minimum absolute atomic E-state index is 0.864. The first-order chi connectivity index (χ1) is 14.3. The molecule has 0 amide bonds. The van der Waals surface area contributed by atoms with Gasteiger partial charge in [-0.3, -0.25) is 9.88 Å². The number of hydrogen-bond acceptors (Lipinski definition) is 7. The summed E-state index contributed by atoms with van der Waals surface area (Å²) < 4.78 is 0. The van der Waals surface area contributed by atoms with Gasteiger partial charge in [-0.25, -0.2) is 15.0 Å². The van der Waals surface area contributed by atoms with Gasteiger partial charge in [0.1, 0.15) is 5.82 Å². The van der Waals surface area contributed by atoms with Crippen LogP contribution in [0.5, 0.6) is 0 Å². The van der Waals surface area contributed by atoms with E-state index in [4.69, 9.17) is 9.97 Å². The Bertz CT molecular complexity index is 940. The molecule has 0 atom stereocenters. The van der Waals surface area contributed by atoms with Crippen molar-refractivity contribution in [2.75, 3.05) is 42.5 Å². The van der Waals surface area contributed by atoms with Crippen LogP contribution < -0.4 is 9.80 Å². The zero-order chi connectivity index (χ0) is 19.5. The van der Waals surface area contributed by atoms with E-state index in [0.717, 1.165) is 69.7 Å². The predicted molar refractivity (Wildman–Crippen MR) is 113 cm³/mol. The Balaban J connectivity index is 1.22. The molecule has 0 aromatic carbocycles. The Labute approximate surface area is 171 Å². The van der Waals surface area contributed by atoms with Gasteiger partial charge in [0.2, 0.25) is 5.95 Å². The summed E-state index contributed by atoms with van der Waals surface area (Å²) in [6, 6.07) is 12.2. The average molecular weight is 387 g/mol. The average Bonchev–Trinajstić information content (AvgIpc) is 2.80. The highest BCUT2D eigenvalue weighted by molar-refractivity contribution is 5.42. The van der Waals surface area contributed by atoms with Crippen LogP contribution in [-0.2, 0) is 19.5 Å². The second-order valence-corrected chi connectivity index (χ2v) is 7.59. The van der Waals surface area contributed by atoms with Crippen LogP contribution in [-0.4, -0.2) is 57.6 Å². The summed E-state index contributed by atoms with van der Waals surface area (Å²) in [7, 11) is 0. The molecule has 1 fully saturated rings. The maximum absolute atomic E-state index is 4.91. The molecule has 3 aromatic rings. The van der Waals surface area contributed by atoms with E-state index in [0.29, 0.717) is 0 Å². The number of piperazine rings is 1. The molecule has 0 bridgehead atoms. The van der Waals surface area contributed by atoms with E-state index in [2.05, 4.69) is 36.8 Å². The third-order valence-corrected chi connectivity index (χ3v) is 5.65. The number of aromatic nitrogens is 4. The predicted octanol–water partition coefficient (Wildman–Crippen LogP) is 2.15. The molecule has 29 heavy (non-hydrogen) atoms. The van der Waals surface area contributed by atoms with Crippen LogP contribution in [0, 0.1) is 0 Å². The second kappa shape index (κ2) is 8.13. The number of pyridine rings is 2. The molecule has 0 aliphatic carbocycles. The highest BCUT2D eigenvalue weighted by Gasteiger charge is 2.23. The minimum Gasteiger partial charge on any atom is -0.353 e. The highest BCUT2D eigenvalue weighted by Crippen LogP contribution is 2.22. The van der Waals surface area contributed by atoms with Crippen molar-refractivity contribution in [1.29, 1.82) is 0 Å². The Morgan fingerprint density at radius 3 is 2.34 bits per heavy atom. The van der Waals surface area contributed by atoms with E-state index < -0.39 is 0 Å². The van der Waals surface area contributed by atoms with Crippen molar-refractivity contribution in [2.24, 2.45) is 0 Å². The first-order valence-electron chi connectivity index (χ1n) is 10.2. The zero-order valence-electron chi connectivity index (χ0n) is 16.5. The van der Waals surface area contributed by atoms with Gasteiger partial charge in [0.25, 0.3) is 0 Å². The summed E-state index contributed by atoms with van der Waals surface area (Å²) in [5.74, 6) is 1.91. The van der Waals surface area contributed by atoms with Gasteiger partial charge in [0, 0.05) is 76.4 Å². The lowest BCUT2D eigenvalue weighted by atomic mass is 10.1. The molecule has 5 rings (SSSR count). The van der Waals surface area contributed by atoms with Crippen molar-refractivity contribution in [3.8, 4) is 0 Å². The first kappa shape index (κ1) is 18.0. The maximum atomic E-state index is 4.91. The van der Waals surface area contributed by atoms with Crippen LogP contribution in [0.25, 0.3) is 0 Å². The van der Waals surface area contributed by atoms with Gasteiger partial charge in [-0.05, 0) is 24.3 Å². The molecule has 0 unspecified atom stereocenters. The molecular weight excluding hydrogens is 362 g/mol. The number of nitrogens with zero attached hydrogens (tertiary/aromatic N) is 7. The first-order valence-corrected chi connectivity index (χ1v) is 10.2. The summed E-state index contributed by atoms with van der Waals surface area (Å²) in [5, 5.41) is 0. The number of anilines is 2. The Hall–Kier alpha value is -3.06. The molecular formula is C22H25N7. The minimum atomic E-state index is 0.864. The molecule has 0 saturated carbocycles. The smallest absolute Gasteiger partial charge is 0.225 e. The fourth-order valence-corrected chi connectivity index (χ4v) is 4.05. The van der Waals surface area contributed by atoms with Gasteiger partial charge in [-0.2, -0.15) is 0 Å². The van der Waals surface area contributed by atoms with Crippen LogP contribution in [0.3, 0.4) is 0 Å². The van der Waals surface area contributed by atoms with Crippen molar-refractivity contribution in [2.45, 2.75) is 19.5 Å². The van der Waals surface area contributed by atoms with Crippen LogP contribution in [0.15, 0.2) is 55.0 Å². The van der Waals surface area contributed by atoms with E-state index in [1.165, 1.54) is 11.3 Å². The van der Waals surface area contributed by atoms with E-state index in [-0.39, 0.29) is 0 Å². The van der Waals surface area contributed by atoms with Crippen molar-refractivity contribution < 1.29 is 0 Å². The highest BCUT2D eigenvalue weighted by atomic mass is 15.3. The number of fused-ring (bicyclic) bond motifs is 1. The Morgan fingerprint density at radius 2 is 1.59 bits per heavy atom. The fraction of sp³-hybridized carbons (Fsp3) is 0.364. The zero-order valence-corrected chi connectivity index (χ0v) is 16.5. The van der Waals surface area contributed by atoms with Gasteiger partial charge in [0.15, 0.2) is 0 Å². The molecule has 3 aromatic heterocycles. The summed E-state index contributed by atoms with van der Waals surface area (Å²) in [6.07, 6.45) is 6.70. The van der Waals surface area contributed by atoms with Crippen molar-refractivity contribution in [1.82, 2.24) is 24.8 Å². The van der Waals surface area contributed by atoms with E-state index in [1.54, 1.807) is 0 Å². The van der Waals surface area contributed by atoms with Crippen LogP contribution in [0.4, 0.5) is 11.8 Å². The van der Waals surface area contributed by atoms with E-state index in [9.17, 15) is 0 Å². The standard InChI is InChI=1S/C22H25N7/c1-3-8-23-19(5-1)17-27-10-7-20-18(16-27)15-25-22(26-20)29-13-11-28(12-14-29)21-6-2-4-9-24-21/h1-6,8-9,15H,7,10-14,16-17H2. The molecule has 7 nitrogen and oxygen atoms in total. The molecule has 0 radical (unpaired) electrons. The third kappa shape index (κ3) is 4.05. The van der Waals surface area contributed by atoms with E-state index >= 15 is 0 Å². The van der Waals surface area contributed by atoms with Crippen LogP contribution >= 0.6 is 0 Å². The molecule has 2 aliphatic rings. The van der Waals surface area contributed by atoms with Gasteiger partial charge < -0.3 is 9.80 Å². The largest absolute Gasteiger partial charge is 0.353 e. The summed E-state index contributed by atoms with van der Waals surface area (Å²) in [6.45, 7) is 6.48. The van der Waals surface area contributed by atoms with Gasteiger partial charge >= 0.3 is 0 Å². The second-order valence-electron chi connectivity index (χ2n) is 7.59. The molecule has 7 heteroatoms. The Morgan fingerprint density at radius 1 is 0.793 bits per heavy atom.